The predicted molar refractivity (Wildman–Crippen MR) is 140 cm³/mol. The van der Waals surface area contributed by atoms with Crippen molar-refractivity contribution >= 4 is 52.0 Å². The highest BCUT2D eigenvalue weighted by atomic mass is 35.5. The van der Waals surface area contributed by atoms with E-state index < -0.39 is 17.7 Å². The number of hydrogen-bond acceptors (Lipinski definition) is 5. The van der Waals surface area contributed by atoms with Crippen LogP contribution >= 0.6 is 23.2 Å². The third-order valence-electron chi connectivity index (χ3n) is 6.05. The molecule has 1 atom stereocenters. The molecule has 1 saturated heterocycles. The van der Waals surface area contributed by atoms with Crippen molar-refractivity contribution in [3.8, 4) is 5.75 Å². The molecule has 0 bridgehead atoms. The maximum Gasteiger partial charge on any atom is 0.300 e. The molecule has 1 N–H and O–H groups in total. The SMILES string of the molecule is COc1c(Cl)cc(/C(O)=C2\C(=O)C(=O)N(c3ccc(N(C)C)cc3)C2c2ccccc2C)cc1Cl. The highest BCUT2D eigenvalue weighted by Gasteiger charge is 2.47. The van der Waals surface area contributed by atoms with Crippen molar-refractivity contribution in [1.82, 2.24) is 0 Å². The summed E-state index contributed by atoms with van der Waals surface area (Å²) in [5.41, 5.74) is 3.23. The number of carbonyl (C=O) groups is 2. The Balaban J connectivity index is 1.95. The lowest BCUT2D eigenvalue weighted by Gasteiger charge is -2.27. The molecule has 3 aromatic carbocycles. The van der Waals surface area contributed by atoms with Gasteiger partial charge in [0.1, 0.15) is 5.76 Å². The van der Waals surface area contributed by atoms with E-state index in [1.165, 1.54) is 24.1 Å². The van der Waals surface area contributed by atoms with E-state index in [0.717, 1.165) is 16.8 Å². The monoisotopic (exact) mass is 510 g/mol. The van der Waals surface area contributed by atoms with E-state index in [1.54, 1.807) is 12.1 Å². The second-order valence-electron chi connectivity index (χ2n) is 8.41. The molecular weight excluding hydrogens is 487 g/mol. The van der Waals surface area contributed by atoms with Crippen LogP contribution < -0.4 is 14.5 Å². The van der Waals surface area contributed by atoms with Gasteiger partial charge in [-0.15, -0.1) is 0 Å². The van der Waals surface area contributed by atoms with Gasteiger partial charge in [0.05, 0.1) is 28.8 Å². The largest absolute Gasteiger partial charge is 0.507 e. The number of carbonyl (C=O) groups excluding carboxylic acids is 2. The van der Waals surface area contributed by atoms with E-state index in [9.17, 15) is 14.7 Å². The van der Waals surface area contributed by atoms with Crippen LogP contribution in [-0.4, -0.2) is 38.0 Å². The Morgan fingerprint density at radius 1 is 1.00 bits per heavy atom. The summed E-state index contributed by atoms with van der Waals surface area (Å²) in [6.07, 6.45) is 0. The van der Waals surface area contributed by atoms with Gasteiger partial charge < -0.3 is 14.7 Å². The van der Waals surface area contributed by atoms with Gasteiger partial charge in [0.25, 0.3) is 11.7 Å². The third-order valence-corrected chi connectivity index (χ3v) is 6.61. The first-order valence-corrected chi connectivity index (χ1v) is 11.6. The van der Waals surface area contributed by atoms with Gasteiger partial charge in [0.2, 0.25) is 0 Å². The lowest BCUT2D eigenvalue weighted by atomic mass is 9.92. The number of aliphatic hydroxyl groups excluding tert-OH is 1. The molecule has 0 aromatic heterocycles. The van der Waals surface area contributed by atoms with Crippen molar-refractivity contribution in [1.29, 1.82) is 0 Å². The van der Waals surface area contributed by atoms with Gasteiger partial charge >= 0.3 is 0 Å². The minimum absolute atomic E-state index is 0.0433. The molecule has 4 rings (SSSR count). The van der Waals surface area contributed by atoms with E-state index in [0.29, 0.717) is 5.69 Å². The molecular formula is C27H24Cl2N2O4. The van der Waals surface area contributed by atoms with Crippen LogP contribution in [0.3, 0.4) is 0 Å². The van der Waals surface area contributed by atoms with E-state index in [4.69, 9.17) is 27.9 Å². The van der Waals surface area contributed by atoms with Crippen LogP contribution in [0.4, 0.5) is 11.4 Å². The Morgan fingerprint density at radius 3 is 2.14 bits per heavy atom. The van der Waals surface area contributed by atoms with Crippen LogP contribution in [0.2, 0.25) is 10.0 Å². The number of hydrogen-bond donors (Lipinski definition) is 1. The maximum absolute atomic E-state index is 13.4. The van der Waals surface area contributed by atoms with Crippen molar-refractivity contribution < 1.29 is 19.4 Å². The fourth-order valence-electron chi connectivity index (χ4n) is 4.25. The second kappa shape index (κ2) is 9.64. The molecule has 1 amide bonds. The smallest absolute Gasteiger partial charge is 0.300 e. The molecule has 1 aliphatic heterocycles. The van der Waals surface area contributed by atoms with E-state index in [2.05, 4.69) is 0 Å². The highest BCUT2D eigenvalue weighted by molar-refractivity contribution is 6.51. The first kappa shape index (κ1) is 24.6. The lowest BCUT2D eigenvalue weighted by Crippen LogP contribution is -2.29. The number of rotatable bonds is 5. The van der Waals surface area contributed by atoms with Gasteiger partial charge in [-0.3, -0.25) is 14.5 Å². The minimum Gasteiger partial charge on any atom is -0.507 e. The first-order chi connectivity index (χ1) is 16.6. The van der Waals surface area contributed by atoms with Crippen LogP contribution in [0.5, 0.6) is 5.75 Å². The molecule has 1 aliphatic rings. The summed E-state index contributed by atoms with van der Waals surface area (Å²) in [7, 11) is 5.26. The van der Waals surface area contributed by atoms with Gasteiger partial charge in [-0.05, 0) is 54.4 Å². The highest BCUT2D eigenvalue weighted by Crippen LogP contribution is 2.44. The van der Waals surface area contributed by atoms with Gasteiger partial charge in [0.15, 0.2) is 5.75 Å². The summed E-state index contributed by atoms with van der Waals surface area (Å²) < 4.78 is 5.19. The number of anilines is 2. The van der Waals surface area contributed by atoms with Crippen LogP contribution in [0.25, 0.3) is 5.76 Å². The Bertz CT molecular complexity index is 1330. The first-order valence-electron chi connectivity index (χ1n) is 10.8. The zero-order valence-corrected chi connectivity index (χ0v) is 21.2. The number of aliphatic hydroxyl groups is 1. The molecule has 35 heavy (non-hydrogen) atoms. The number of ether oxygens (including phenoxy) is 1. The predicted octanol–water partition coefficient (Wildman–Crippen LogP) is 6.00. The van der Waals surface area contributed by atoms with Gasteiger partial charge in [-0.25, -0.2) is 0 Å². The number of benzene rings is 3. The topological polar surface area (TPSA) is 70.1 Å². The standard InChI is InChI=1S/C27H24Cl2N2O4/c1-15-7-5-6-8-19(15)23-22(24(32)16-13-20(28)26(35-4)21(29)14-16)25(33)27(34)31(23)18-11-9-17(10-12-18)30(2)3/h5-14,23,32H,1-4H3/b24-22+. The minimum atomic E-state index is -0.846. The van der Waals surface area contributed by atoms with Crippen molar-refractivity contribution in [2.45, 2.75) is 13.0 Å². The summed E-state index contributed by atoms with van der Waals surface area (Å²) in [5.74, 6) is -1.64. The Labute approximate surface area is 213 Å². The van der Waals surface area contributed by atoms with E-state index in [1.807, 2.05) is 62.3 Å². The summed E-state index contributed by atoms with van der Waals surface area (Å²) in [5, 5.41) is 11.7. The van der Waals surface area contributed by atoms with Crippen molar-refractivity contribution in [3.05, 3.63) is 93.0 Å². The molecule has 1 unspecified atom stereocenters. The van der Waals surface area contributed by atoms with Crippen molar-refractivity contribution in [3.63, 3.8) is 0 Å². The fraction of sp³-hybridized carbons (Fsp3) is 0.185. The summed E-state index contributed by atoms with van der Waals surface area (Å²) >= 11 is 12.6. The normalized spacial score (nSPS) is 17.1. The molecule has 0 saturated carbocycles. The second-order valence-corrected chi connectivity index (χ2v) is 9.22. The van der Waals surface area contributed by atoms with Crippen LogP contribution in [0.15, 0.2) is 66.2 Å². The third kappa shape index (κ3) is 4.35. The summed E-state index contributed by atoms with van der Waals surface area (Å²) in [4.78, 5) is 30.1. The molecule has 8 heteroatoms. The summed E-state index contributed by atoms with van der Waals surface area (Å²) in [6.45, 7) is 1.89. The number of aryl methyl sites for hydroxylation is 1. The van der Waals surface area contributed by atoms with E-state index in [-0.39, 0.29) is 32.7 Å². The average Bonchev–Trinajstić information content (AvgIpc) is 3.09. The molecule has 3 aromatic rings. The molecule has 0 radical (unpaired) electrons. The van der Waals surface area contributed by atoms with Gasteiger partial charge in [-0.1, -0.05) is 47.5 Å². The Hall–Kier alpha value is -3.48. The number of halogens is 2. The van der Waals surface area contributed by atoms with Crippen LogP contribution in [-0.2, 0) is 9.59 Å². The van der Waals surface area contributed by atoms with Crippen molar-refractivity contribution in [2.75, 3.05) is 31.0 Å². The maximum atomic E-state index is 13.4. The zero-order valence-electron chi connectivity index (χ0n) is 19.7. The Morgan fingerprint density at radius 2 is 1.60 bits per heavy atom. The van der Waals surface area contributed by atoms with Crippen LogP contribution in [0.1, 0.15) is 22.7 Å². The fourth-order valence-corrected chi connectivity index (χ4v) is 4.89. The number of ketones is 1. The number of amides is 1. The number of nitrogens with zero attached hydrogens (tertiary/aromatic N) is 2. The average molecular weight is 511 g/mol. The van der Waals surface area contributed by atoms with E-state index >= 15 is 0 Å². The quantitative estimate of drug-likeness (QED) is 0.259. The van der Waals surface area contributed by atoms with Gasteiger partial charge in [-0.2, -0.15) is 0 Å². The lowest BCUT2D eigenvalue weighted by molar-refractivity contribution is -0.132. The number of Topliss-reactive ketones (excluding diaryl/α,β-unsaturated/α-hetero) is 1. The zero-order chi connectivity index (χ0) is 25.4. The molecule has 180 valence electrons. The van der Waals surface area contributed by atoms with Gasteiger partial charge in [0, 0.05) is 31.0 Å². The molecule has 6 nitrogen and oxygen atoms in total. The summed E-state index contributed by atoms with van der Waals surface area (Å²) in [6, 6.07) is 16.8. The molecule has 0 spiro atoms. The Kier molecular flexibility index (Phi) is 6.79. The van der Waals surface area contributed by atoms with Crippen LogP contribution in [0, 0.1) is 6.92 Å². The molecule has 0 aliphatic carbocycles. The van der Waals surface area contributed by atoms with Crippen molar-refractivity contribution in [2.24, 2.45) is 0 Å². The number of methoxy groups -OCH3 is 1. The molecule has 1 fully saturated rings. The molecule has 1 heterocycles.